The summed E-state index contributed by atoms with van der Waals surface area (Å²) in [7, 11) is 0. The molecule has 92 valence electrons. The average Bonchev–Trinajstić information content (AvgIpc) is 2.86. The highest BCUT2D eigenvalue weighted by molar-refractivity contribution is 5.93. The van der Waals surface area contributed by atoms with E-state index >= 15 is 0 Å². The molecule has 0 saturated carbocycles. The zero-order valence-corrected chi connectivity index (χ0v) is 9.99. The van der Waals surface area contributed by atoms with E-state index in [0.29, 0.717) is 24.4 Å². The molecule has 1 amide bonds. The highest BCUT2D eigenvalue weighted by Crippen LogP contribution is 2.24. The second-order valence-corrected chi connectivity index (χ2v) is 4.42. The molecular formula is C12H16N2O3. The third kappa shape index (κ3) is 2.24. The van der Waals surface area contributed by atoms with E-state index in [-0.39, 0.29) is 18.3 Å². The summed E-state index contributed by atoms with van der Waals surface area (Å²) >= 11 is 0. The van der Waals surface area contributed by atoms with E-state index in [4.69, 9.17) is 4.42 Å². The third-order valence-electron chi connectivity index (χ3n) is 2.97. The molecule has 1 heterocycles. The Kier molecular flexibility index (Phi) is 3.02. The van der Waals surface area contributed by atoms with Crippen molar-refractivity contribution in [2.75, 3.05) is 6.61 Å². The van der Waals surface area contributed by atoms with Gasteiger partial charge in [0.2, 0.25) is 5.76 Å². The Morgan fingerprint density at radius 1 is 1.53 bits per heavy atom. The van der Waals surface area contributed by atoms with Crippen molar-refractivity contribution in [3.05, 3.63) is 29.5 Å². The summed E-state index contributed by atoms with van der Waals surface area (Å²) in [4.78, 5) is 16.1. The summed E-state index contributed by atoms with van der Waals surface area (Å²) in [5.74, 6) is 0.373. The summed E-state index contributed by atoms with van der Waals surface area (Å²) in [6.07, 6.45) is 5.19. The molecule has 0 radical (unpaired) electrons. The predicted molar refractivity (Wildman–Crippen MR) is 61.6 cm³/mol. The van der Waals surface area contributed by atoms with Gasteiger partial charge in [-0.15, -0.1) is 0 Å². The van der Waals surface area contributed by atoms with Crippen LogP contribution in [0.2, 0.25) is 0 Å². The van der Waals surface area contributed by atoms with Crippen LogP contribution < -0.4 is 5.32 Å². The zero-order valence-electron chi connectivity index (χ0n) is 9.99. The van der Waals surface area contributed by atoms with Crippen molar-refractivity contribution in [3.63, 3.8) is 0 Å². The Morgan fingerprint density at radius 2 is 2.18 bits per heavy atom. The number of amides is 1. The van der Waals surface area contributed by atoms with Gasteiger partial charge in [0.1, 0.15) is 0 Å². The molecule has 5 heteroatoms. The number of aromatic nitrogens is 1. The molecule has 0 unspecified atom stereocenters. The predicted octanol–water partition coefficient (Wildman–Crippen LogP) is 1.10. The number of hydrogen-bond donors (Lipinski definition) is 2. The second kappa shape index (κ2) is 4.33. The molecule has 2 rings (SSSR count). The minimum absolute atomic E-state index is 0.0854. The second-order valence-electron chi connectivity index (χ2n) is 4.42. The first kappa shape index (κ1) is 11.9. The topological polar surface area (TPSA) is 75.4 Å². The molecule has 0 aromatic carbocycles. The number of aryl methyl sites for hydroxylation is 2. The molecule has 1 aromatic rings. The lowest BCUT2D eigenvalue weighted by Gasteiger charge is -2.27. The Bertz CT molecular complexity index is 454. The summed E-state index contributed by atoms with van der Waals surface area (Å²) in [5.41, 5.74) is -0.0106. The number of carbonyl (C=O) groups excluding carboxylic acids is 1. The summed E-state index contributed by atoms with van der Waals surface area (Å²) < 4.78 is 5.25. The molecule has 0 fully saturated rings. The molecule has 0 atom stereocenters. The van der Waals surface area contributed by atoms with Gasteiger partial charge in [-0.2, -0.15) is 0 Å². The van der Waals surface area contributed by atoms with E-state index in [1.165, 1.54) is 0 Å². The van der Waals surface area contributed by atoms with Gasteiger partial charge in [-0.25, -0.2) is 4.98 Å². The molecule has 5 nitrogen and oxygen atoms in total. The molecule has 1 aliphatic carbocycles. The van der Waals surface area contributed by atoms with Gasteiger partial charge in [0, 0.05) is 6.92 Å². The first-order valence-corrected chi connectivity index (χ1v) is 5.59. The largest absolute Gasteiger partial charge is 0.436 e. The summed E-state index contributed by atoms with van der Waals surface area (Å²) in [6.45, 7) is 3.34. The van der Waals surface area contributed by atoms with Crippen LogP contribution in [0.5, 0.6) is 0 Å². The fourth-order valence-electron chi connectivity index (χ4n) is 2.01. The van der Waals surface area contributed by atoms with Crippen LogP contribution in [-0.4, -0.2) is 28.1 Å². The zero-order chi connectivity index (χ0) is 12.5. The van der Waals surface area contributed by atoms with Gasteiger partial charge in [0.15, 0.2) is 5.89 Å². The first-order valence-electron chi connectivity index (χ1n) is 5.59. The lowest BCUT2D eigenvalue weighted by atomic mass is 9.97. The minimum atomic E-state index is -0.579. The number of rotatable bonds is 3. The highest BCUT2D eigenvalue weighted by Gasteiger charge is 2.33. The van der Waals surface area contributed by atoms with E-state index in [1.807, 2.05) is 12.2 Å². The number of aliphatic hydroxyl groups is 1. The molecule has 0 saturated heterocycles. The summed E-state index contributed by atoms with van der Waals surface area (Å²) in [6, 6.07) is 0. The number of carbonyl (C=O) groups is 1. The van der Waals surface area contributed by atoms with Gasteiger partial charge in [-0.05, 0) is 19.8 Å². The van der Waals surface area contributed by atoms with Crippen molar-refractivity contribution in [2.24, 2.45) is 0 Å². The van der Waals surface area contributed by atoms with Gasteiger partial charge in [0.25, 0.3) is 5.91 Å². The number of oxazole rings is 1. The Labute approximate surface area is 99.5 Å². The van der Waals surface area contributed by atoms with Crippen LogP contribution in [0, 0.1) is 13.8 Å². The maximum absolute atomic E-state index is 12.0. The fourth-order valence-corrected chi connectivity index (χ4v) is 2.01. The van der Waals surface area contributed by atoms with Crippen molar-refractivity contribution in [1.82, 2.24) is 10.3 Å². The maximum atomic E-state index is 12.0. The quantitative estimate of drug-likeness (QED) is 0.771. The summed E-state index contributed by atoms with van der Waals surface area (Å²) in [5, 5.41) is 12.2. The first-order chi connectivity index (χ1) is 8.06. The Hall–Kier alpha value is -1.62. The monoisotopic (exact) mass is 236 g/mol. The van der Waals surface area contributed by atoms with E-state index in [1.54, 1.807) is 13.8 Å². The molecule has 17 heavy (non-hydrogen) atoms. The minimum Gasteiger partial charge on any atom is -0.436 e. The van der Waals surface area contributed by atoms with E-state index in [2.05, 4.69) is 10.3 Å². The van der Waals surface area contributed by atoms with Crippen LogP contribution in [0.25, 0.3) is 0 Å². The van der Waals surface area contributed by atoms with Crippen LogP contribution in [0.4, 0.5) is 0 Å². The van der Waals surface area contributed by atoms with Gasteiger partial charge >= 0.3 is 0 Å². The number of aliphatic hydroxyl groups excluding tert-OH is 1. The van der Waals surface area contributed by atoms with Gasteiger partial charge in [0.05, 0.1) is 17.8 Å². The lowest BCUT2D eigenvalue weighted by Crippen LogP contribution is -2.49. The third-order valence-corrected chi connectivity index (χ3v) is 2.97. The standard InChI is InChI=1S/C12H16N2O3/c1-8-10(17-9(2)13-8)11(16)14-12(7-15)5-3-4-6-12/h3-4,15H,5-7H2,1-2H3,(H,14,16). The number of hydrogen-bond acceptors (Lipinski definition) is 4. The average molecular weight is 236 g/mol. The van der Waals surface area contributed by atoms with Gasteiger partial charge in [-0.1, -0.05) is 12.2 Å². The lowest BCUT2D eigenvalue weighted by molar-refractivity contribution is 0.0815. The van der Waals surface area contributed by atoms with Crippen molar-refractivity contribution < 1.29 is 14.3 Å². The normalized spacial score (nSPS) is 17.4. The molecular weight excluding hydrogens is 220 g/mol. The number of nitrogens with one attached hydrogen (secondary N) is 1. The molecule has 0 bridgehead atoms. The van der Waals surface area contributed by atoms with Crippen LogP contribution >= 0.6 is 0 Å². The Morgan fingerprint density at radius 3 is 2.65 bits per heavy atom. The van der Waals surface area contributed by atoms with E-state index in [0.717, 1.165) is 0 Å². The molecule has 0 spiro atoms. The van der Waals surface area contributed by atoms with Crippen molar-refractivity contribution in [2.45, 2.75) is 32.2 Å². The van der Waals surface area contributed by atoms with Crippen LogP contribution in [0.3, 0.4) is 0 Å². The SMILES string of the molecule is Cc1nc(C)c(C(=O)NC2(CO)CC=CC2)o1. The smallest absolute Gasteiger partial charge is 0.289 e. The molecule has 1 aromatic heterocycles. The Balaban J connectivity index is 2.14. The van der Waals surface area contributed by atoms with Gasteiger partial charge in [-0.3, -0.25) is 4.79 Å². The van der Waals surface area contributed by atoms with Gasteiger partial charge < -0.3 is 14.8 Å². The fraction of sp³-hybridized carbons (Fsp3) is 0.500. The van der Waals surface area contributed by atoms with Crippen molar-refractivity contribution in [3.8, 4) is 0 Å². The molecule has 2 N–H and O–H groups in total. The van der Waals surface area contributed by atoms with Crippen molar-refractivity contribution in [1.29, 1.82) is 0 Å². The van der Waals surface area contributed by atoms with E-state index < -0.39 is 5.54 Å². The molecule has 0 aliphatic heterocycles. The van der Waals surface area contributed by atoms with Crippen LogP contribution in [0.1, 0.15) is 35.0 Å². The molecule has 1 aliphatic rings. The van der Waals surface area contributed by atoms with Crippen LogP contribution in [-0.2, 0) is 0 Å². The van der Waals surface area contributed by atoms with Crippen LogP contribution in [0.15, 0.2) is 16.6 Å². The highest BCUT2D eigenvalue weighted by atomic mass is 16.4. The maximum Gasteiger partial charge on any atom is 0.289 e. The number of nitrogens with zero attached hydrogens (tertiary/aromatic N) is 1. The van der Waals surface area contributed by atoms with E-state index in [9.17, 15) is 9.90 Å². The van der Waals surface area contributed by atoms with Crippen molar-refractivity contribution >= 4 is 5.91 Å².